The van der Waals surface area contributed by atoms with Gasteiger partial charge in [0.15, 0.2) is 6.61 Å². The summed E-state index contributed by atoms with van der Waals surface area (Å²) in [5.41, 5.74) is 4.62. The average Bonchev–Trinajstić information content (AvgIpc) is 1.96. The second kappa shape index (κ2) is 5.11. The van der Waals surface area contributed by atoms with E-state index in [-0.39, 0.29) is 0 Å². The molecule has 2 amide bonds. The molecule has 6 nitrogen and oxygen atoms in total. The van der Waals surface area contributed by atoms with E-state index in [0.29, 0.717) is 0 Å². The van der Waals surface area contributed by atoms with Crippen LogP contribution < -0.4 is 5.73 Å². The van der Waals surface area contributed by atoms with Gasteiger partial charge in [-0.3, -0.25) is 4.79 Å². The predicted octanol–water partition coefficient (Wildman–Crippen LogP) is -0.802. The fraction of sp³-hybridized carbons (Fsp3) is 0.500. The van der Waals surface area contributed by atoms with E-state index in [9.17, 15) is 9.59 Å². The molecule has 0 aromatic rings. The molecule has 0 aliphatic carbocycles. The second-order valence-corrected chi connectivity index (χ2v) is 2.21. The molecule has 12 heavy (non-hydrogen) atoms. The first-order valence-electron chi connectivity index (χ1n) is 3.18. The van der Waals surface area contributed by atoms with Crippen molar-refractivity contribution in [1.29, 1.82) is 0 Å². The van der Waals surface area contributed by atoms with Gasteiger partial charge < -0.3 is 15.4 Å². The van der Waals surface area contributed by atoms with Crippen LogP contribution in [0, 0.1) is 0 Å². The maximum absolute atomic E-state index is 10.7. The Balaban J connectivity index is 3.67. The Kier molecular flexibility index (Phi) is 4.43. The van der Waals surface area contributed by atoms with Gasteiger partial charge in [-0.2, -0.15) is 0 Å². The van der Waals surface area contributed by atoms with Crippen LogP contribution in [0.5, 0.6) is 0 Å². The lowest BCUT2D eigenvalue weighted by molar-refractivity contribution is -0.120. The highest BCUT2D eigenvalue weighted by Crippen LogP contribution is 1.79. The molecule has 0 atom stereocenters. The summed E-state index contributed by atoms with van der Waals surface area (Å²) in [6.07, 6.45) is 0.329. The van der Waals surface area contributed by atoms with Crippen molar-refractivity contribution in [2.45, 2.75) is 0 Å². The highest BCUT2D eigenvalue weighted by atomic mass is 16.5. The Morgan fingerprint density at radius 2 is 2.17 bits per heavy atom. The van der Waals surface area contributed by atoms with Gasteiger partial charge in [-0.25, -0.2) is 9.79 Å². The zero-order chi connectivity index (χ0) is 9.56. The third-order valence-corrected chi connectivity index (χ3v) is 0.771. The Hall–Kier alpha value is -1.59. The third-order valence-electron chi connectivity index (χ3n) is 0.771. The molecule has 0 aromatic carbocycles. The summed E-state index contributed by atoms with van der Waals surface area (Å²) < 4.78 is 4.19. The Morgan fingerprint density at radius 3 is 2.58 bits per heavy atom. The minimum absolute atomic E-state index is 0.417. The molecule has 0 radical (unpaired) electrons. The zero-order valence-corrected chi connectivity index (χ0v) is 6.98. The first-order chi connectivity index (χ1) is 5.52. The van der Waals surface area contributed by atoms with Gasteiger partial charge in [-0.1, -0.05) is 0 Å². The summed E-state index contributed by atoms with van der Waals surface area (Å²) in [6.45, 7) is -0.417. The van der Waals surface area contributed by atoms with E-state index in [1.54, 1.807) is 19.0 Å². The number of ether oxygens (including phenoxy) is 1. The van der Waals surface area contributed by atoms with E-state index >= 15 is 0 Å². The summed E-state index contributed by atoms with van der Waals surface area (Å²) in [5.74, 6) is -0.553. The largest absolute Gasteiger partial charge is 0.440 e. The van der Waals surface area contributed by atoms with Crippen LogP contribution in [0.25, 0.3) is 0 Å². The number of primary amides is 1. The van der Waals surface area contributed by atoms with Crippen LogP contribution in [0.4, 0.5) is 4.79 Å². The van der Waals surface area contributed by atoms with Crippen LogP contribution >= 0.6 is 0 Å². The fourth-order valence-corrected chi connectivity index (χ4v) is 0.350. The summed E-state index contributed by atoms with van der Waals surface area (Å²) in [6, 6.07) is 0. The molecule has 68 valence electrons. The van der Waals surface area contributed by atoms with Crippen molar-refractivity contribution in [2.24, 2.45) is 10.7 Å². The predicted molar refractivity (Wildman–Crippen MR) is 42.7 cm³/mol. The molecule has 0 spiro atoms. The van der Waals surface area contributed by atoms with Crippen molar-refractivity contribution >= 4 is 18.3 Å². The molecule has 0 rings (SSSR count). The third kappa shape index (κ3) is 6.53. The number of nitrogens with zero attached hydrogens (tertiary/aromatic N) is 2. The summed E-state index contributed by atoms with van der Waals surface area (Å²) in [7, 11) is 3.43. The van der Waals surface area contributed by atoms with Gasteiger partial charge in [0, 0.05) is 14.1 Å². The highest BCUT2D eigenvalue weighted by Gasteiger charge is 2.00. The molecule has 0 fully saturated rings. The maximum Gasteiger partial charge on any atom is 0.405 e. The zero-order valence-electron chi connectivity index (χ0n) is 6.98. The van der Waals surface area contributed by atoms with Gasteiger partial charge in [-0.15, -0.1) is 0 Å². The number of carbonyl (C=O) groups is 2. The first-order valence-corrected chi connectivity index (χ1v) is 3.18. The smallest absolute Gasteiger partial charge is 0.405 e. The molecule has 0 aliphatic rings. The Labute approximate surface area is 70.0 Å². The van der Waals surface area contributed by atoms with Crippen molar-refractivity contribution in [2.75, 3.05) is 20.7 Å². The lowest BCUT2D eigenvalue weighted by Gasteiger charge is -2.01. The van der Waals surface area contributed by atoms with E-state index in [4.69, 9.17) is 0 Å². The van der Waals surface area contributed by atoms with Gasteiger partial charge in [-0.05, 0) is 0 Å². The molecule has 0 heterocycles. The average molecular weight is 173 g/mol. The summed E-state index contributed by atoms with van der Waals surface area (Å²) >= 11 is 0. The number of aliphatic imine (C=N–C) groups is 1. The monoisotopic (exact) mass is 173 g/mol. The molecule has 0 aliphatic heterocycles. The van der Waals surface area contributed by atoms with Gasteiger partial charge in [0.25, 0.3) is 5.91 Å². The van der Waals surface area contributed by atoms with Gasteiger partial charge >= 0.3 is 6.09 Å². The molecule has 0 saturated carbocycles. The minimum atomic E-state index is -0.983. The van der Waals surface area contributed by atoms with E-state index in [2.05, 4.69) is 15.5 Å². The van der Waals surface area contributed by atoms with Crippen LogP contribution in [0.2, 0.25) is 0 Å². The quantitative estimate of drug-likeness (QED) is 0.447. The van der Waals surface area contributed by atoms with Crippen LogP contribution in [0.15, 0.2) is 4.99 Å². The van der Waals surface area contributed by atoms with Crippen LogP contribution in [0.1, 0.15) is 0 Å². The number of hydrogen-bond donors (Lipinski definition) is 1. The van der Waals surface area contributed by atoms with E-state index < -0.39 is 18.6 Å². The van der Waals surface area contributed by atoms with Crippen molar-refractivity contribution < 1.29 is 14.3 Å². The van der Waals surface area contributed by atoms with E-state index in [1.165, 1.54) is 6.34 Å². The fourth-order valence-electron chi connectivity index (χ4n) is 0.350. The Bertz CT molecular complexity index is 200. The first kappa shape index (κ1) is 10.4. The molecule has 0 bridgehead atoms. The van der Waals surface area contributed by atoms with E-state index in [1.807, 2.05) is 0 Å². The molecule has 0 unspecified atom stereocenters. The maximum atomic E-state index is 10.7. The lowest BCUT2D eigenvalue weighted by atomic mass is 10.7. The second-order valence-electron chi connectivity index (χ2n) is 2.21. The van der Waals surface area contributed by atoms with Crippen molar-refractivity contribution in [3.63, 3.8) is 0 Å². The highest BCUT2D eigenvalue weighted by molar-refractivity contribution is 5.86. The number of nitrogens with two attached hydrogens (primary N) is 1. The van der Waals surface area contributed by atoms with Gasteiger partial charge in [0.2, 0.25) is 0 Å². The van der Waals surface area contributed by atoms with E-state index in [0.717, 1.165) is 0 Å². The van der Waals surface area contributed by atoms with Crippen molar-refractivity contribution in [3.05, 3.63) is 0 Å². The number of rotatable bonds is 3. The number of amides is 2. The summed E-state index contributed by atoms with van der Waals surface area (Å²) in [5, 5.41) is 0. The van der Waals surface area contributed by atoms with Crippen LogP contribution in [0.3, 0.4) is 0 Å². The Morgan fingerprint density at radius 1 is 1.58 bits per heavy atom. The van der Waals surface area contributed by atoms with Crippen LogP contribution in [-0.4, -0.2) is 43.9 Å². The normalized spacial score (nSPS) is 9.83. The molecule has 0 saturated heterocycles. The SMILES string of the molecule is CN(C)/C=N/C(=O)COC(N)=O. The molecule has 6 heteroatoms. The van der Waals surface area contributed by atoms with Crippen molar-refractivity contribution in [1.82, 2.24) is 4.90 Å². The standard InChI is InChI=1S/C6H11N3O3/c1-9(2)4-8-5(10)3-12-6(7)11/h4H,3H2,1-2H3,(H2,7,11)/b8-4+. The van der Waals surface area contributed by atoms with Gasteiger partial charge in [0.1, 0.15) is 0 Å². The number of hydrogen-bond acceptors (Lipinski definition) is 3. The molecular formula is C6H11N3O3. The number of carbonyl (C=O) groups excluding carboxylic acids is 2. The molecule has 0 aromatic heterocycles. The molecule has 2 N–H and O–H groups in total. The van der Waals surface area contributed by atoms with Gasteiger partial charge in [0.05, 0.1) is 6.34 Å². The lowest BCUT2D eigenvalue weighted by Crippen LogP contribution is -2.18. The summed E-state index contributed by atoms with van der Waals surface area (Å²) in [4.78, 5) is 25.7. The topological polar surface area (TPSA) is 85.0 Å². The molecular weight excluding hydrogens is 162 g/mol. The van der Waals surface area contributed by atoms with Crippen molar-refractivity contribution in [3.8, 4) is 0 Å². The van der Waals surface area contributed by atoms with Crippen LogP contribution in [-0.2, 0) is 9.53 Å². The minimum Gasteiger partial charge on any atom is -0.440 e.